The third-order valence-corrected chi connectivity index (χ3v) is 2.39. The van der Waals surface area contributed by atoms with Gasteiger partial charge in [-0.2, -0.15) is 0 Å². The Balaban J connectivity index is 3.69. The Morgan fingerprint density at radius 1 is 1.31 bits per heavy atom. The summed E-state index contributed by atoms with van der Waals surface area (Å²) in [6, 6.07) is -0.344. The van der Waals surface area contributed by atoms with Gasteiger partial charge in [-0.3, -0.25) is 0 Å². The van der Waals surface area contributed by atoms with Crippen LogP contribution in [0.4, 0.5) is 0 Å². The molecule has 0 aromatic carbocycles. The smallest absolute Gasteiger partial charge is 0.117 e. The Labute approximate surface area is 79.9 Å². The van der Waals surface area contributed by atoms with E-state index in [-0.39, 0.29) is 12.6 Å². The van der Waals surface area contributed by atoms with Gasteiger partial charge in [-0.1, -0.05) is 13.3 Å². The summed E-state index contributed by atoms with van der Waals surface area (Å²) in [5.41, 5.74) is 10.9. The van der Waals surface area contributed by atoms with E-state index in [1.807, 2.05) is 0 Å². The first-order chi connectivity index (χ1) is 6.11. The summed E-state index contributed by atoms with van der Waals surface area (Å²) in [5, 5.41) is 17.6. The van der Waals surface area contributed by atoms with Crippen LogP contribution in [0.25, 0.3) is 0 Å². The van der Waals surface area contributed by atoms with Crippen molar-refractivity contribution in [3.8, 4) is 0 Å². The van der Waals surface area contributed by atoms with Gasteiger partial charge < -0.3 is 21.7 Å². The Kier molecular flexibility index (Phi) is 7.17. The molecule has 0 aliphatic carbocycles. The number of aliphatic hydroxyl groups excluding tert-OH is 2. The Morgan fingerprint density at radius 3 is 2.31 bits per heavy atom. The van der Waals surface area contributed by atoms with Gasteiger partial charge in [0.2, 0.25) is 0 Å². The third kappa shape index (κ3) is 5.99. The molecule has 3 unspecified atom stereocenters. The van der Waals surface area contributed by atoms with Crippen molar-refractivity contribution >= 4 is 0 Å². The summed E-state index contributed by atoms with van der Waals surface area (Å²) >= 11 is 0. The standard InChI is InChI=1S/C9H22N2O2/c1-2-7(4-3-5-12)6-8(10)9(11)13/h7-9,12-13H,2-6,10-11H2,1H3. The van der Waals surface area contributed by atoms with Gasteiger partial charge in [0.15, 0.2) is 0 Å². The lowest BCUT2D eigenvalue weighted by molar-refractivity contribution is 0.135. The largest absolute Gasteiger partial charge is 0.396 e. The van der Waals surface area contributed by atoms with Crippen molar-refractivity contribution in [3.63, 3.8) is 0 Å². The zero-order chi connectivity index (χ0) is 10.3. The van der Waals surface area contributed by atoms with Gasteiger partial charge in [0.1, 0.15) is 6.23 Å². The highest BCUT2D eigenvalue weighted by Crippen LogP contribution is 2.16. The maximum atomic E-state index is 8.99. The summed E-state index contributed by atoms with van der Waals surface area (Å²) in [4.78, 5) is 0. The number of rotatable bonds is 7. The maximum Gasteiger partial charge on any atom is 0.117 e. The predicted molar refractivity (Wildman–Crippen MR) is 52.9 cm³/mol. The molecule has 0 saturated carbocycles. The van der Waals surface area contributed by atoms with Crippen molar-refractivity contribution in [1.29, 1.82) is 0 Å². The summed E-state index contributed by atoms with van der Waals surface area (Å²) in [5.74, 6) is 0.459. The summed E-state index contributed by atoms with van der Waals surface area (Å²) in [6.07, 6.45) is 2.57. The second kappa shape index (κ2) is 7.26. The monoisotopic (exact) mass is 190 g/mol. The number of aliphatic hydroxyl groups is 2. The molecule has 0 aliphatic heterocycles. The van der Waals surface area contributed by atoms with E-state index in [1.54, 1.807) is 0 Å². The molecule has 0 bridgehead atoms. The molecule has 0 rings (SSSR count). The summed E-state index contributed by atoms with van der Waals surface area (Å²) < 4.78 is 0. The molecular formula is C9H22N2O2. The molecule has 0 aromatic rings. The number of hydrogen-bond donors (Lipinski definition) is 4. The fourth-order valence-electron chi connectivity index (χ4n) is 1.39. The molecule has 0 aliphatic rings. The topological polar surface area (TPSA) is 92.5 Å². The molecule has 3 atom stereocenters. The first-order valence-electron chi connectivity index (χ1n) is 4.91. The van der Waals surface area contributed by atoms with Gasteiger partial charge in [0, 0.05) is 12.6 Å². The lowest BCUT2D eigenvalue weighted by atomic mass is 9.92. The predicted octanol–water partition coefficient (Wildman–Crippen LogP) is -0.220. The van der Waals surface area contributed by atoms with E-state index in [1.165, 1.54) is 0 Å². The van der Waals surface area contributed by atoms with Crippen LogP contribution in [0.15, 0.2) is 0 Å². The van der Waals surface area contributed by atoms with Crippen LogP contribution in [0.3, 0.4) is 0 Å². The van der Waals surface area contributed by atoms with E-state index in [9.17, 15) is 0 Å². The van der Waals surface area contributed by atoms with Crippen molar-refractivity contribution in [2.45, 2.75) is 44.9 Å². The van der Waals surface area contributed by atoms with Crippen LogP contribution in [0.1, 0.15) is 32.6 Å². The molecular weight excluding hydrogens is 168 g/mol. The van der Waals surface area contributed by atoms with Gasteiger partial charge in [-0.25, -0.2) is 0 Å². The van der Waals surface area contributed by atoms with Crippen molar-refractivity contribution in [2.24, 2.45) is 17.4 Å². The molecule has 0 saturated heterocycles. The average molecular weight is 190 g/mol. The molecule has 0 heterocycles. The van der Waals surface area contributed by atoms with E-state index >= 15 is 0 Å². The van der Waals surface area contributed by atoms with Gasteiger partial charge in [0.05, 0.1) is 0 Å². The summed E-state index contributed by atoms with van der Waals surface area (Å²) in [6.45, 7) is 2.30. The average Bonchev–Trinajstić information content (AvgIpc) is 2.11. The van der Waals surface area contributed by atoms with Gasteiger partial charge in [-0.05, 0) is 25.2 Å². The lowest BCUT2D eigenvalue weighted by Crippen LogP contribution is -2.42. The molecule has 0 amide bonds. The van der Waals surface area contributed by atoms with Gasteiger partial charge >= 0.3 is 0 Å². The molecule has 0 fully saturated rings. The van der Waals surface area contributed by atoms with E-state index in [0.717, 1.165) is 25.7 Å². The quantitative estimate of drug-likeness (QED) is 0.418. The molecule has 4 nitrogen and oxygen atoms in total. The first-order valence-corrected chi connectivity index (χ1v) is 4.91. The van der Waals surface area contributed by atoms with Crippen LogP contribution in [-0.4, -0.2) is 29.1 Å². The lowest BCUT2D eigenvalue weighted by Gasteiger charge is -2.21. The maximum absolute atomic E-state index is 8.99. The normalized spacial score (nSPS) is 18.2. The van der Waals surface area contributed by atoms with E-state index in [0.29, 0.717) is 5.92 Å². The zero-order valence-corrected chi connectivity index (χ0v) is 8.32. The Hall–Kier alpha value is -0.160. The van der Waals surface area contributed by atoms with E-state index in [4.69, 9.17) is 21.7 Å². The second-order valence-electron chi connectivity index (χ2n) is 3.53. The molecule has 0 aromatic heterocycles. The number of nitrogens with two attached hydrogens (primary N) is 2. The fraction of sp³-hybridized carbons (Fsp3) is 1.00. The van der Waals surface area contributed by atoms with Gasteiger partial charge in [0.25, 0.3) is 0 Å². The molecule has 13 heavy (non-hydrogen) atoms. The fourth-order valence-corrected chi connectivity index (χ4v) is 1.39. The van der Waals surface area contributed by atoms with E-state index < -0.39 is 6.23 Å². The highest BCUT2D eigenvalue weighted by Gasteiger charge is 2.15. The van der Waals surface area contributed by atoms with Crippen LogP contribution >= 0.6 is 0 Å². The molecule has 80 valence electrons. The third-order valence-electron chi connectivity index (χ3n) is 2.39. The SMILES string of the molecule is CCC(CCCO)CC(N)C(N)O. The summed E-state index contributed by atoms with van der Waals surface area (Å²) in [7, 11) is 0. The highest BCUT2D eigenvalue weighted by atomic mass is 16.3. The van der Waals surface area contributed by atoms with Crippen LogP contribution in [0, 0.1) is 5.92 Å². The molecule has 6 N–H and O–H groups in total. The number of hydrogen-bond acceptors (Lipinski definition) is 4. The Bertz CT molecular complexity index is 120. The van der Waals surface area contributed by atoms with Crippen molar-refractivity contribution < 1.29 is 10.2 Å². The van der Waals surface area contributed by atoms with Gasteiger partial charge in [-0.15, -0.1) is 0 Å². The van der Waals surface area contributed by atoms with E-state index in [2.05, 4.69) is 6.92 Å². The van der Waals surface area contributed by atoms with Crippen LogP contribution in [0.2, 0.25) is 0 Å². The Morgan fingerprint density at radius 2 is 1.92 bits per heavy atom. The van der Waals surface area contributed by atoms with Crippen LogP contribution < -0.4 is 11.5 Å². The van der Waals surface area contributed by atoms with Crippen LogP contribution in [-0.2, 0) is 0 Å². The minimum Gasteiger partial charge on any atom is -0.396 e. The van der Waals surface area contributed by atoms with Crippen molar-refractivity contribution in [3.05, 3.63) is 0 Å². The first kappa shape index (κ1) is 12.8. The minimum absolute atomic E-state index is 0.219. The van der Waals surface area contributed by atoms with Crippen molar-refractivity contribution in [2.75, 3.05) is 6.61 Å². The minimum atomic E-state index is -0.928. The molecule has 0 radical (unpaired) electrons. The molecule has 4 heteroatoms. The van der Waals surface area contributed by atoms with Crippen molar-refractivity contribution in [1.82, 2.24) is 0 Å². The highest BCUT2D eigenvalue weighted by molar-refractivity contribution is 4.71. The molecule has 0 spiro atoms. The second-order valence-corrected chi connectivity index (χ2v) is 3.53. The zero-order valence-electron chi connectivity index (χ0n) is 8.32. The van der Waals surface area contributed by atoms with Crippen LogP contribution in [0.5, 0.6) is 0 Å².